The monoisotopic (exact) mass is 221 g/mol. The van der Waals surface area contributed by atoms with Crippen molar-refractivity contribution >= 4 is 11.7 Å². The summed E-state index contributed by atoms with van der Waals surface area (Å²) in [5.41, 5.74) is 0.965. The molecule has 0 aliphatic heterocycles. The van der Waals surface area contributed by atoms with Gasteiger partial charge in [-0.05, 0) is 32.9 Å². The number of aromatic nitrogens is 1. The molecule has 0 bridgehead atoms. The van der Waals surface area contributed by atoms with E-state index in [9.17, 15) is 4.79 Å². The van der Waals surface area contributed by atoms with Crippen molar-refractivity contribution < 1.29 is 4.79 Å². The van der Waals surface area contributed by atoms with E-state index in [2.05, 4.69) is 10.3 Å². The van der Waals surface area contributed by atoms with Crippen molar-refractivity contribution in [1.29, 1.82) is 0 Å². The van der Waals surface area contributed by atoms with Crippen LogP contribution in [0.5, 0.6) is 0 Å². The van der Waals surface area contributed by atoms with Gasteiger partial charge in [-0.1, -0.05) is 6.07 Å². The third kappa shape index (κ3) is 3.53. The zero-order valence-corrected chi connectivity index (χ0v) is 10.2. The van der Waals surface area contributed by atoms with E-state index in [0.29, 0.717) is 13.1 Å². The molecule has 1 heterocycles. The first-order valence-electron chi connectivity index (χ1n) is 5.62. The van der Waals surface area contributed by atoms with E-state index in [1.807, 2.05) is 43.9 Å². The number of nitrogens with zero attached hydrogens (tertiary/aromatic N) is 2. The number of hydrogen-bond donors (Lipinski definition) is 1. The first-order valence-corrected chi connectivity index (χ1v) is 5.62. The van der Waals surface area contributed by atoms with Crippen molar-refractivity contribution in [2.75, 3.05) is 24.5 Å². The molecule has 1 rings (SSSR count). The van der Waals surface area contributed by atoms with Crippen molar-refractivity contribution in [2.45, 2.75) is 20.8 Å². The van der Waals surface area contributed by atoms with Crippen LogP contribution >= 0.6 is 0 Å². The molecular weight excluding hydrogens is 202 g/mol. The zero-order chi connectivity index (χ0) is 12.0. The summed E-state index contributed by atoms with van der Waals surface area (Å²) in [7, 11) is 0. The Hall–Kier alpha value is -1.58. The Morgan fingerprint density at radius 3 is 2.75 bits per heavy atom. The van der Waals surface area contributed by atoms with Crippen molar-refractivity contribution in [3.63, 3.8) is 0 Å². The fraction of sp³-hybridized carbons (Fsp3) is 0.500. The van der Waals surface area contributed by atoms with Crippen molar-refractivity contribution in [1.82, 2.24) is 10.3 Å². The average Bonchev–Trinajstić information content (AvgIpc) is 2.26. The normalized spacial score (nSPS) is 9.94. The van der Waals surface area contributed by atoms with Crippen LogP contribution < -0.4 is 10.2 Å². The third-order valence-corrected chi connectivity index (χ3v) is 2.29. The van der Waals surface area contributed by atoms with E-state index >= 15 is 0 Å². The van der Waals surface area contributed by atoms with Crippen molar-refractivity contribution in [2.24, 2.45) is 0 Å². The summed E-state index contributed by atoms with van der Waals surface area (Å²) in [4.78, 5) is 17.8. The minimum Gasteiger partial charge on any atom is -0.355 e. The summed E-state index contributed by atoms with van der Waals surface area (Å²) < 4.78 is 0. The van der Waals surface area contributed by atoms with Gasteiger partial charge >= 0.3 is 0 Å². The van der Waals surface area contributed by atoms with E-state index in [-0.39, 0.29) is 5.91 Å². The predicted octanol–water partition coefficient (Wildman–Crippen LogP) is 1.35. The van der Waals surface area contributed by atoms with Gasteiger partial charge in [0.1, 0.15) is 5.82 Å². The minimum atomic E-state index is 0.0349. The van der Waals surface area contributed by atoms with E-state index in [1.165, 1.54) is 0 Å². The number of pyridine rings is 1. The Morgan fingerprint density at radius 2 is 2.19 bits per heavy atom. The largest absolute Gasteiger partial charge is 0.355 e. The fourth-order valence-corrected chi connectivity index (χ4v) is 1.49. The number of rotatable bonds is 5. The molecule has 1 aromatic heterocycles. The maximum atomic E-state index is 11.5. The van der Waals surface area contributed by atoms with E-state index in [0.717, 1.165) is 18.1 Å². The van der Waals surface area contributed by atoms with Crippen LogP contribution in [0.2, 0.25) is 0 Å². The Morgan fingerprint density at radius 1 is 1.44 bits per heavy atom. The Balaban J connectivity index is 2.70. The van der Waals surface area contributed by atoms with E-state index in [4.69, 9.17) is 0 Å². The molecule has 0 saturated heterocycles. The molecule has 0 radical (unpaired) electrons. The van der Waals surface area contributed by atoms with Gasteiger partial charge in [-0.15, -0.1) is 0 Å². The van der Waals surface area contributed by atoms with Gasteiger partial charge < -0.3 is 10.2 Å². The highest BCUT2D eigenvalue weighted by Gasteiger charge is 2.09. The van der Waals surface area contributed by atoms with Crippen LogP contribution in [0.4, 0.5) is 5.82 Å². The van der Waals surface area contributed by atoms with Gasteiger partial charge in [0, 0.05) is 18.8 Å². The molecule has 0 aliphatic carbocycles. The van der Waals surface area contributed by atoms with Crippen LogP contribution in [0, 0.1) is 6.92 Å². The van der Waals surface area contributed by atoms with Crippen LogP contribution in [-0.4, -0.2) is 30.5 Å². The first-order chi connectivity index (χ1) is 7.67. The fourth-order valence-electron chi connectivity index (χ4n) is 1.49. The van der Waals surface area contributed by atoms with Crippen molar-refractivity contribution in [3.8, 4) is 0 Å². The van der Waals surface area contributed by atoms with Crippen molar-refractivity contribution in [3.05, 3.63) is 23.9 Å². The first kappa shape index (κ1) is 12.5. The quantitative estimate of drug-likeness (QED) is 0.816. The van der Waals surface area contributed by atoms with Gasteiger partial charge in [0.25, 0.3) is 0 Å². The number of hydrogen-bond acceptors (Lipinski definition) is 3. The van der Waals surface area contributed by atoms with Gasteiger partial charge in [0.2, 0.25) is 5.91 Å². The summed E-state index contributed by atoms with van der Waals surface area (Å²) in [5.74, 6) is 0.890. The number of carbonyl (C=O) groups excluding carboxylic acids is 1. The van der Waals surface area contributed by atoms with Gasteiger partial charge in [-0.2, -0.15) is 0 Å². The molecule has 0 aromatic carbocycles. The van der Waals surface area contributed by atoms with Gasteiger partial charge in [-0.3, -0.25) is 4.79 Å². The highest BCUT2D eigenvalue weighted by Crippen LogP contribution is 2.10. The maximum absolute atomic E-state index is 11.5. The molecule has 4 nitrogen and oxygen atoms in total. The molecule has 0 aliphatic rings. The molecule has 1 amide bonds. The van der Waals surface area contributed by atoms with Crippen LogP contribution in [0.3, 0.4) is 0 Å². The van der Waals surface area contributed by atoms with Gasteiger partial charge in [0.05, 0.1) is 6.54 Å². The second-order valence-electron chi connectivity index (χ2n) is 3.60. The van der Waals surface area contributed by atoms with Crippen LogP contribution in [0.15, 0.2) is 18.2 Å². The van der Waals surface area contributed by atoms with Crippen LogP contribution in [-0.2, 0) is 4.79 Å². The van der Waals surface area contributed by atoms with Gasteiger partial charge in [-0.25, -0.2) is 4.98 Å². The Kier molecular flexibility index (Phi) is 4.76. The lowest BCUT2D eigenvalue weighted by Gasteiger charge is -2.21. The highest BCUT2D eigenvalue weighted by molar-refractivity contribution is 5.80. The molecule has 4 heteroatoms. The third-order valence-electron chi connectivity index (χ3n) is 2.29. The molecule has 0 atom stereocenters. The molecule has 1 N–H and O–H groups in total. The minimum absolute atomic E-state index is 0.0349. The molecule has 16 heavy (non-hydrogen) atoms. The lowest BCUT2D eigenvalue weighted by atomic mass is 10.3. The lowest BCUT2D eigenvalue weighted by Crippen LogP contribution is -2.37. The smallest absolute Gasteiger partial charge is 0.239 e. The van der Waals surface area contributed by atoms with E-state index in [1.54, 1.807) is 0 Å². The molecule has 0 unspecified atom stereocenters. The van der Waals surface area contributed by atoms with Crippen LogP contribution in [0.25, 0.3) is 0 Å². The number of aryl methyl sites for hydroxylation is 1. The summed E-state index contributed by atoms with van der Waals surface area (Å²) in [6.07, 6.45) is 0. The molecular formula is C12H19N3O. The molecule has 0 spiro atoms. The lowest BCUT2D eigenvalue weighted by molar-refractivity contribution is -0.119. The zero-order valence-electron chi connectivity index (χ0n) is 10.2. The number of anilines is 1. The summed E-state index contributed by atoms with van der Waals surface area (Å²) in [6, 6.07) is 5.83. The Bertz CT molecular complexity index is 352. The topological polar surface area (TPSA) is 45.2 Å². The van der Waals surface area contributed by atoms with Crippen LogP contribution in [0.1, 0.15) is 19.5 Å². The summed E-state index contributed by atoms with van der Waals surface area (Å²) >= 11 is 0. The van der Waals surface area contributed by atoms with Gasteiger partial charge in [0.15, 0.2) is 0 Å². The SMILES string of the molecule is CCNC(=O)CN(CC)c1cccc(C)n1. The number of amides is 1. The maximum Gasteiger partial charge on any atom is 0.239 e. The standard InChI is InChI=1S/C12H19N3O/c1-4-13-12(16)9-15(5-2)11-8-6-7-10(3)14-11/h6-8H,4-5,9H2,1-3H3,(H,13,16). The molecule has 0 fully saturated rings. The molecule has 0 saturated carbocycles. The summed E-state index contributed by atoms with van der Waals surface area (Å²) in [6.45, 7) is 7.68. The molecule has 1 aromatic rings. The summed E-state index contributed by atoms with van der Waals surface area (Å²) in [5, 5.41) is 2.79. The Labute approximate surface area is 96.7 Å². The van der Waals surface area contributed by atoms with E-state index < -0.39 is 0 Å². The second kappa shape index (κ2) is 6.10. The second-order valence-corrected chi connectivity index (χ2v) is 3.60. The predicted molar refractivity (Wildman–Crippen MR) is 65.5 cm³/mol. The number of carbonyl (C=O) groups is 1. The highest BCUT2D eigenvalue weighted by atomic mass is 16.2. The average molecular weight is 221 g/mol. The molecule has 88 valence electrons. The number of likely N-dealkylation sites (N-methyl/N-ethyl adjacent to an activating group) is 2. The number of nitrogens with one attached hydrogen (secondary N) is 1.